The highest BCUT2D eigenvalue weighted by Gasteiger charge is 2.32. The quantitative estimate of drug-likeness (QED) is 0.774. The van der Waals surface area contributed by atoms with Crippen LogP contribution in [-0.2, 0) is 19.1 Å². The van der Waals surface area contributed by atoms with Crippen molar-refractivity contribution in [3.63, 3.8) is 0 Å². The number of carbonyl (C=O) groups is 3. The smallest absolute Gasteiger partial charge is 0.410 e. The normalized spacial score (nSPS) is 24.7. The van der Waals surface area contributed by atoms with E-state index in [0.29, 0.717) is 25.9 Å². The average Bonchev–Trinajstić information content (AvgIpc) is 2.60. The summed E-state index contributed by atoms with van der Waals surface area (Å²) in [5.74, 6) is -0.183. The zero-order valence-electron chi connectivity index (χ0n) is 16.4. The third-order valence-electron chi connectivity index (χ3n) is 5.13. The molecule has 2 amide bonds. The van der Waals surface area contributed by atoms with Crippen LogP contribution in [0.25, 0.3) is 0 Å². The van der Waals surface area contributed by atoms with E-state index in [4.69, 9.17) is 9.47 Å². The molecule has 7 nitrogen and oxygen atoms in total. The number of piperidine rings is 1. The first kappa shape index (κ1) is 20.5. The summed E-state index contributed by atoms with van der Waals surface area (Å²) >= 11 is 0. The first-order valence-electron chi connectivity index (χ1n) is 9.55. The van der Waals surface area contributed by atoms with Crippen molar-refractivity contribution >= 4 is 18.0 Å². The Hall–Kier alpha value is -1.79. The van der Waals surface area contributed by atoms with Gasteiger partial charge in [-0.05, 0) is 59.3 Å². The van der Waals surface area contributed by atoms with Crippen molar-refractivity contribution in [2.45, 2.75) is 70.9 Å². The van der Waals surface area contributed by atoms with Gasteiger partial charge in [0.25, 0.3) is 0 Å². The zero-order valence-corrected chi connectivity index (χ0v) is 16.4. The molecule has 1 aliphatic heterocycles. The predicted octanol–water partition coefficient (Wildman–Crippen LogP) is 2.48. The number of carbonyl (C=O) groups excluding carboxylic acids is 3. The van der Waals surface area contributed by atoms with Gasteiger partial charge in [0, 0.05) is 25.0 Å². The third kappa shape index (κ3) is 5.88. The average molecular weight is 368 g/mol. The summed E-state index contributed by atoms with van der Waals surface area (Å²) < 4.78 is 10.2. The van der Waals surface area contributed by atoms with Crippen LogP contribution in [0.2, 0.25) is 0 Å². The number of hydrogen-bond donors (Lipinski definition) is 1. The van der Waals surface area contributed by atoms with Crippen LogP contribution in [0.15, 0.2) is 0 Å². The highest BCUT2D eigenvalue weighted by atomic mass is 16.6. The van der Waals surface area contributed by atoms with Gasteiger partial charge in [0.05, 0.1) is 13.0 Å². The Morgan fingerprint density at radius 3 is 2.00 bits per heavy atom. The molecule has 0 unspecified atom stereocenters. The van der Waals surface area contributed by atoms with Crippen LogP contribution < -0.4 is 5.32 Å². The van der Waals surface area contributed by atoms with Crippen LogP contribution in [0.3, 0.4) is 0 Å². The fourth-order valence-electron chi connectivity index (χ4n) is 3.61. The van der Waals surface area contributed by atoms with Crippen molar-refractivity contribution in [1.82, 2.24) is 10.2 Å². The molecule has 26 heavy (non-hydrogen) atoms. The van der Waals surface area contributed by atoms with E-state index in [1.165, 1.54) is 7.11 Å². The summed E-state index contributed by atoms with van der Waals surface area (Å²) in [6, 6.07) is 0.132. The molecule has 2 fully saturated rings. The fourth-order valence-corrected chi connectivity index (χ4v) is 3.61. The molecule has 0 bridgehead atoms. The Morgan fingerprint density at radius 2 is 1.50 bits per heavy atom. The number of rotatable bonds is 3. The molecule has 2 rings (SSSR count). The number of esters is 1. The van der Waals surface area contributed by atoms with Gasteiger partial charge in [-0.3, -0.25) is 9.59 Å². The summed E-state index contributed by atoms with van der Waals surface area (Å²) in [5.41, 5.74) is -0.506. The van der Waals surface area contributed by atoms with E-state index >= 15 is 0 Å². The first-order chi connectivity index (χ1) is 12.2. The Labute approximate surface area is 155 Å². The Morgan fingerprint density at radius 1 is 0.923 bits per heavy atom. The summed E-state index contributed by atoms with van der Waals surface area (Å²) in [4.78, 5) is 37.8. The van der Waals surface area contributed by atoms with Gasteiger partial charge in [0.15, 0.2) is 0 Å². The van der Waals surface area contributed by atoms with Gasteiger partial charge in [0.1, 0.15) is 5.60 Å². The van der Waals surface area contributed by atoms with Gasteiger partial charge in [-0.2, -0.15) is 0 Å². The minimum atomic E-state index is -0.506. The molecule has 1 heterocycles. The van der Waals surface area contributed by atoms with E-state index in [-0.39, 0.29) is 35.8 Å². The van der Waals surface area contributed by atoms with Gasteiger partial charge < -0.3 is 19.7 Å². The molecule has 7 heteroatoms. The highest BCUT2D eigenvalue weighted by molar-refractivity contribution is 5.79. The summed E-state index contributed by atoms with van der Waals surface area (Å²) in [6.45, 7) is 6.63. The summed E-state index contributed by atoms with van der Waals surface area (Å²) in [6.07, 6.45) is 4.14. The molecule has 1 N–H and O–H groups in total. The Bertz CT molecular complexity index is 513. The van der Waals surface area contributed by atoms with Crippen molar-refractivity contribution in [1.29, 1.82) is 0 Å². The minimum Gasteiger partial charge on any atom is -0.469 e. The van der Waals surface area contributed by atoms with Crippen LogP contribution in [0, 0.1) is 11.8 Å². The molecule has 1 saturated carbocycles. The molecule has 0 atom stereocenters. The van der Waals surface area contributed by atoms with E-state index in [0.717, 1.165) is 25.7 Å². The molecule has 1 aliphatic carbocycles. The van der Waals surface area contributed by atoms with Gasteiger partial charge in [-0.25, -0.2) is 4.79 Å². The van der Waals surface area contributed by atoms with Crippen molar-refractivity contribution in [3.8, 4) is 0 Å². The van der Waals surface area contributed by atoms with E-state index in [9.17, 15) is 14.4 Å². The van der Waals surface area contributed by atoms with E-state index in [1.807, 2.05) is 20.8 Å². The standard InChI is InChI=1S/C19H32N2O5/c1-19(2,3)26-18(24)21-11-9-13(10-12-21)16(22)20-15-7-5-14(6-8-15)17(23)25-4/h13-15H,5-12H2,1-4H3,(H,20,22). The minimum absolute atomic E-state index is 0.0368. The second-order valence-electron chi connectivity index (χ2n) is 8.32. The molecule has 0 aromatic rings. The molecule has 2 aliphatic rings. The SMILES string of the molecule is COC(=O)C1CCC(NC(=O)C2CCN(C(=O)OC(C)(C)C)CC2)CC1. The van der Waals surface area contributed by atoms with E-state index in [2.05, 4.69) is 5.32 Å². The number of amides is 2. The number of likely N-dealkylation sites (tertiary alicyclic amines) is 1. The number of nitrogens with one attached hydrogen (secondary N) is 1. The molecule has 1 saturated heterocycles. The number of ether oxygens (including phenoxy) is 2. The first-order valence-corrected chi connectivity index (χ1v) is 9.55. The topological polar surface area (TPSA) is 84.9 Å². The molecule has 0 spiro atoms. The van der Waals surface area contributed by atoms with Crippen molar-refractivity contribution in [2.75, 3.05) is 20.2 Å². The number of hydrogen-bond acceptors (Lipinski definition) is 5. The number of methoxy groups -OCH3 is 1. The maximum Gasteiger partial charge on any atom is 0.410 e. The lowest BCUT2D eigenvalue weighted by Crippen LogP contribution is -2.47. The largest absolute Gasteiger partial charge is 0.469 e. The highest BCUT2D eigenvalue weighted by Crippen LogP contribution is 2.26. The molecule has 148 valence electrons. The van der Waals surface area contributed by atoms with E-state index in [1.54, 1.807) is 4.90 Å². The van der Waals surface area contributed by atoms with Crippen molar-refractivity contribution in [2.24, 2.45) is 11.8 Å². The Kier molecular flexibility index (Phi) is 6.89. The second-order valence-corrected chi connectivity index (χ2v) is 8.32. The maximum atomic E-state index is 12.5. The van der Waals surface area contributed by atoms with Crippen LogP contribution in [-0.4, -0.2) is 54.7 Å². The molecule has 0 aromatic carbocycles. The monoisotopic (exact) mass is 368 g/mol. The molecule has 0 aromatic heterocycles. The summed E-state index contributed by atoms with van der Waals surface area (Å²) in [5, 5.41) is 3.12. The molecule has 0 radical (unpaired) electrons. The number of nitrogens with zero attached hydrogens (tertiary/aromatic N) is 1. The fraction of sp³-hybridized carbons (Fsp3) is 0.842. The summed E-state index contributed by atoms with van der Waals surface area (Å²) in [7, 11) is 1.42. The lowest BCUT2D eigenvalue weighted by atomic mass is 9.85. The van der Waals surface area contributed by atoms with Crippen LogP contribution in [0.4, 0.5) is 4.79 Å². The van der Waals surface area contributed by atoms with Crippen LogP contribution >= 0.6 is 0 Å². The predicted molar refractivity (Wildman–Crippen MR) is 96.4 cm³/mol. The van der Waals surface area contributed by atoms with Crippen LogP contribution in [0.5, 0.6) is 0 Å². The third-order valence-corrected chi connectivity index (χ3v) is 5.13. The zero-order chi connectivity index (χ0) is 19.3. The molecular weight excluding hydrogens is 336 g/mol. The second kappa shape index (κ2) is 8.73. The Balaban J connectivity index is 1.72. The molecular formula is C19H32N2O5. The lowest BCUT2D eigenvalue weighted by Gasteiger charge is -2.34. The maximum absolute atomic E-state index is 12.5. The van der Waals surface area contributed by atoms with Gasteiger partial charge in [-0.1, -0.05) is 0 Å². The van der Waals surface area contributed by atoms with Gasteiger partial charge >= 0.3 is 12.1 Å². The van der Waals surface area contributed by atoms with E-state index < -0.39 is 5.60 Å². The van der Waals surface area contributed by atoms with Crippen LogP contribution in [0.1, 0.15) is 59.3 Å². The lowest BCUT2D eigenvalue weighted by molar-refractivity contribution is -0.146. The van der Waals surface area contributed by atoms with Gasteiger partial charge in [-0.15, -0.1) is 0 Å². The van der Waals surface area contributed by atoms with Gasteiger partial charge in [0.2, 0.25) is 5.91 Å². The van der Waals surface area contributed by atoms with Crippen molar-refractivity contribution < 1.29 is 23.9 Å². The van der Waals surface area contributed by atoms with Crippen molar-refractivity contribution in [3.05, 3.63) is 0 Å².